The second-order valence-electron chi connectivity index (χ2n) is 14.2. The molecular weight excluding hydrogens is 682 g/mol. The van der Waals surface area contributed by atoms with Crippen molar-refractivity contribution in [1.82, 2.24) is 21.3 Å². The second kappa shape index (κ2) is 25.2. The standard InChI is InChI=1S/C39H63N5O9/c1-26(2)21-32(35(46)24-36(47)41-30(25-45)14-8-9-16-40)42-37(48)33(22-27(3)4)43-38(49)34(44-39(50)53-20-19-52-18-17-51-5)23-29-13-10-12-28-11-6-7-15-31(28)29/h6-7,10-13,15,26-27,30,32-35,45-46H,8-9,14,16-25,40H2,1-5H3,(H,41,47)(H,42,48)(H,43,49)(H,44,50)/t30-,32-,33-,34-,35-/m0/s1. The third kappa shape index (κ3) is 17.7. The van der Waals surface area contributed by atoms with Gasteiger partial charge in [-0.05, 0) is 60.4 Å². The molecule has 0 saturated carbocycles. The molecule has 4 amide bonds. The van der Waals surface area contributed by atoms with Gasteiger partial charge in [-0.3, -0.25) is 14.4 Å². The number of ether oxygens (including phenoxy) is 3. The van der Waals surface area contributed by atoms with Crippen molar-refractivity contribution in [1.29, 1.82) is 0 Å². The van der Waals surface area contributed by atoms with Crippen LogP contribution in [0.15, 0.2) is 42.5 Å². The SMILES string of the molecule is COCCOCCOC(=O)N[C@@H](Cc1cccc2ccccc12)C(=O)N[C@@H](CC(C)C)C(=O)N[C@@H](CC(C)C)[C@@H](O)CC(=O)N[C@H](CO)CCCCN. The van der Waals surface area contributed by atoms with Crippen molar-refractivity contribution in [2.45, 2.75) is 103 Å². The fourth-order valence-electron chi connectivity index (χ4n) is 5.96. The Morgan fingerprint density at radius 3 is 2.15 bits per heavy atom. The van der Waals surface area contributed by atoms with Crippen LogP contribution in [0.5, 0.6) is 0 Å². The number of methoxy groups -OCH3 is 1. The lowest BCUT2D eigenvalue weighted by atomic mass is 9.95. The minimum atomic E-state index is -1.23. The van der Waals surface area contributed by atoms with E-state index in [1.54, 1.807) is 7.11 Å². The lowest BCUT2D eigenvalue weighted by Gasteiger charge is -2.29. The van der Waals surface area contributed by atoms with Crippen LogP contribution in [0.4, 0.5) is 4.79 Å². The Morgan fingerprint density at radius 1 is 0.792 bits per heavy atom. The van der Waals surface area contributed by atoms with Gasteiger partial charge in [0.2, 0.25) is 17.7 Å². The van der Waals surface area contributed by atoms with Crippen LogP contribution in [0, 0.1) is 11.8 Å². The Labute approximate surface area is 314 Å². The number of amides is 4. The summed E-state index contributed by atoms with van der Waals surface area (Å²) in [7, 11) is 1.56. The number of fused-ring (bicyclic) bond motifs is 1. The van der Waals surface area contributed by atoms with Crippen LogP contribution in [-0.2, 0) is 35.0 Å². The van der Waals surface area contributed by atoms with Crippen molar-refractivity contribution in [2.24, 2.45) is 17.6 Å². The molecule has 0 aliphatic heterocycles. The number of aliphatic hydroxyl groups is 2. The second-order valence-corrected chi connectivity index (χ2v) is 14.2. The number of hydrogen-bond donors (Lipinski definition) is 7. The summed E-state index contributed by atoms with van der Waals surface area (Å²) in [6.07, 6.45) is 0.486. The molecule has 2 rings (SSSR count). The molecule has 0 spiro atoms. The highest BCUT2D eigenvalue weighted by Crippen LogP contribution is 2.20. The highest BCUT2D eigenvalue weighted by Gasteiger charge is 2.32. The smallest absolute Gasteiger partial charge is 0.407 e. The molecular formula is C39H63N5O9. The van der Waals surface area contributed by atoms with Gasteiger partial charge < -0.3 is 51.4 Å². The molecule has 0 bridgehead atoms. The number of alkyl carbamates (subject to hydrolysis) is 1. The van der Waals surface area contributed by atoms with E-state index in [9.17, 15) is 29.4 Å². The largest absolute Gasteiger partial charge is 0.447 e. The summed E-state index contributed by atoms with van der Waals surface area (Å²) in [5.74, 6) is -1.50. The van der Waals surface area contributed by atoms with Crippen molar-refractivity contribution < 1.29 is 43.6 Å². The molecule has 298 valence electrons. The molecule has 8 N–H and O–H groups in total. The monoisotopic (exact) mass is 745 g/mol. The molecule has 0 aliphatic rings. The molecule has 0 fully saturated rings. The van der Waals surface area contributed by atoms with Gasteiger partial charge in [-0.25, -0.2) is 4.79 Å². The van der Waals surface area contributed by atoms with Crippen LogP contribution in [0.25, 0.3) is 10.8 Å². The molecule has 0 aliphatic carbocycles. The minimum Gasteiger partial charge on any atom is -0.447 e. The summed E-state index contributed by atoms with van der Waals surface area (Å²) < 4.78 is 15.6. The Kier molecular flexibility index (Phi) is 21.6. The molecule has 0 unspecified atom stereocenters. The maximum absolute atomic E-state index is 14.0. The molecule has 0 aromatic heterocycles. The predicted octanol–water partition coefficient (Wildman–Crippen LogP) is 2.56. The summed E-state index contributed by atoms with van der Waals surface area (Å²) in [6.45, 7) is 8.83. The van der Waals surface area contributed by atoms with E-state index in [0.29, 0.717) is 32.6 Å². The van der Waals surface area contributed by atoms with Crippen LogP contribution >= 0.6 is 0 Å². The molecule has 14 nitrogen and oxygen atoms in total. The van der Waals surface area contributed by atoms with Gasteiger partial charge in [0, 0.05) is 13.5 Å². The average Bonchev–Trinajstić information content (AvgIpc) is 3.11. The highest BCUT2D eigenvalue weighted by atomic mass is 16.6. The van der Waals surface area contributed by atoms with Gasteiger partial charge in [0.15, 0.2) is 0 Å². The Hall–Kier alpha value is -3.82. The van der Waals surface area contributed by atoms with E-state index in [1.165, 1.54) is 0 Å². The van der Waals surface area contributed by atoms with Crippen molar-refractivity contribution in [3.8, 4) is 0 Å². The normalized spacial score (nSPS) is 14.3. The molecule has 5 atom stereocenters. The number of hydrogen-bond acceptors (Lipinski definition) is 10. The molecule has 53 heavy (non-hydrogen) atoms. The van der Waals surface area contributed by atoms with Crippen molar-refractivity contribution >= 4 is 34.6 Å². The number of rotatable bonds is 26. The Morgan fingerprint density at radius 2 is 1.47 bits per heavy atom. The third-order valence-electron chi connectivity index (χ3n) is 8.65. The zero-order chi connectivity index (χ0) is 39.2. The van der Waals surface area contributed by atoms with E-state index in [1.807, 2.05) is 70.2 Å². The van der Waals surface area contributed by atoms with Gasteiger partial charge in [0.25, 0.3) is 0 Å². The van der Waals surface area contributed by atoms with Crippen LogP contribution < -0.4 is 27.0 Å². The summed E-state index contributed by atoms with van der Waals surface area (Å²) in [5.41, 5.74) is 6.37. The average molecular weight is 746 g/mol. The summed E-state index contributed by atoms with van der Waals surface area (Å²) in [5, 5.41) is 34.0. The summed E-state index contributed by atoms with van der Waals surface area (Å²) in [6, 6.07) is 10.1. The fraction of sp³-hybridized carbons (Fsp3) is 0.641. The highest BCUT2D eigenvalue weighted by molar-refractivity contribution is 5.92. The lowest BCUT2D eigenvalue weighted by molar-refractivity contribution is -0.131. The molecule has 14 heteroatoms. The summed E-state index contributed by atoms with van der Waals surface area (Å²) in [4.78, 5) is 53.6. The first kappa shape index (κ1) is 45.3. The topological polar surface area (TPSA) is 211 Å². The number of nitrogens with two attached hydrogens (primary N) is 1. The van der Waals surface area contributed by atoms with Gasteiger partial charge in [0.05, 0.1) is 51.0 Å². The van der Waals surface area contributed by atoms with E-state index >= 15 is 0 Å². The molecule has 2 aromatic carbocycles. The van der Waals surface area contributed by atoms with Crippen LogP contribution in [0.3, 0.4) is 0 Å². The zero-order valence-corrected chi connectivity index (χ0v) is 32.1. The van der Waals surface area contributed by atoms with Crippen molar-refractivity contribution in [2.75, 3.05) is 46.7 Å². The van der Waals surface area contributed by atoms with E-state index in [-0.39, 0.29) is 50.9 Å². The van der Waals surface area contributed by atoms with Gasteiger partial charge in [-0.15, -0.1) is 0 Å². The quantitative estimate of drug-likeness (QED) is 0.0700. The fourth-order valence-corrected chi connectivity index (χ4v) is 5.96. The van der Waals surface area contributed by atoms with E-state index in [2.05, 4.69) is 21.3 Å². The number of carbonyl (C=O) groups excluding carboxylic acids is 4. The van der Waals surface area contributed by atoms with Gasteiger partial charge in [-0.2, -0.15) is 0 Å². The van der Waals surface area contributed by atoms with Crippen molar-refractivity contribution in [3.05, 3.63) is 48.0 Å². The predicted molar refractivity (Wildman–Crippen MR) is 204 cm³/mol. The first-order chi connectivity index (χ1) is 25.4. The minimum absolute atomic E-state index is 0.00691. The number of aliphatic hydroxyl groups excluding tert-OH is 2. The maximum atomic E-state index is 14.0. The first-order valence-corrected chi connectivity index (χ1v) is 18.7. The van der Waals surface area contributed by atoms with E-state index in [4.69, 9.17) is 19.9 Å². The number of nitrogens with one attached hydrogen (secondary N) is 4. The van der Waals surface area contributed by atoms with Crippen LogP contribution in [0.1, 0.15) is 71.8 Å². The third-order valence-corrected chi connectivity index (χ3v) is 8.65. The number of unbranched alkanes of at least 4 members (excludes halogenated alkanes) is 1. The number of benzene rings is 2. The van der Waals surface area contributed by atoms with Crippen LogP contribution in [-0.4, -0.2) is 111 Å². The van der Waals surface area contributed by atoms with Crippen molar-refractivity contribution in [3.63, 3.8) is 0 Å². The van der Waals surface area contributed by atoms with Crippen LogP contribution in [0.2, 0.25) is 0 Å². The Bertz CT molecular complexity index is 1390. The van der Waals surface area contributed by atoms with Gasteiger partial charge >= 0.3 is 6.09 Å². The Balaban J connectivity index is 2.23. The van der Waals surface area contributed by atoms with E-state index < -0.39 is 54.1 Å². The van der Waals surface area contributed by atoms with Gasteiger partial charge in [-0.1, -0.05) is 76.6 Å². The first-order valence-electron chi connectivity index (χ1n) is 18.7. The summed E-state index contributed by atoms with van der Waals surface area (Å²) >= 11 is 0. The van der Waals surface area contributed by atoms with E-state index in [0.717, 1.165) is 29.2 Å². The van der Waals surface area contributed by atoms with Gasteiger partial charge in [0.1, 0.15) is 18.7 Å². The molecule has 0 saturated heterocycles. The molecule has 0 radical (unpaired) electrons. The zero-order valence-electron chi connectivity index (χ0n) is 32.1. The molecule has 0 heterocycles. The molecule has 2 aromatic rings. The number of carbonyl (C=O) groups is 4. The lowest BCUT2D eigenvalue weighted by Crippen LogP contribution is -2.57. The maximum Gasteiger partial charge on any atom is 0.407 e.